The predicted molar refractivity (Wildman–Crippen MR) is 110 cm³/mol. The number of likely N-dealkylation sites (N-methyl/N-ethyl adjacent to an activating group) is 1. The zero-order chi connectivity index (χ0) is 24.3. The van der Waals surface area contributed by atoms with Gasteiger partial charge in [-0.25, -0.2) is 18.2 Å². The number of benzene rings is 2. The van der Waals surface area contributed by atoms with Gasteiger partial charge in [0.1, 0.15) is 5.75 Å². The summed E-state index contributed by atoms with van der Waals surface area (Å²) in [5.74, 6) is -1.90. The van der Waals surface area contributed by atoms with Crippen LogP contribution in [0.2, 0.25) is 0 Å². The van der Waals surface area contributed by atoms with Gasteiger partial charge in [-0.15, -0.1) is 0 Å². The van der Waals surface area contributed by atoms with Crippen molar-refractivity contribution in [3.8, 4) is 11.5 Å². The molecular weight excluding hydrogens is 449 g/mol. The molecule has 0 fully saturated rings. The first-order chi connectivity index (χ1) is 15.6. The molecule has 1 aliphatic rings. The molecule has 0 saturated heterocycles. The Hall–Kier alpha value is -3.37. The van der Waals surface area contributed by atoms with E-state index in [-0.39, 0.29) is 28.6 Å². The van der Waals surface area contributed by atoms with E-state index in [0.29, 0.717) is 12.0 Å². The number of guanidine groups is 1. The normalized spacial score (nSPS) is 18.3. The lowest BCUT2D eigenvalue weighted by Gasteiger charge is -2.27. The van der Waals surface area contributed by atoms with Gasteiger partial charge in [-0.3, -0.25) is 9.69 Å². The molecule has 0 radical (unpaired) electrons. The Labute approximate surface area is 186 Å². The van der Waals surface area contributed by atoms with Gasteiger partial charge in [0.05, 0.1) is 6.61 Å². The zero-order valence-corrected chi connectivity index (χ0v) is 17.8. The molecular formula is C22H22F5N3O3. The van der Waals surface area contributed by atoms with Crippen LogP contribution in [0.15, 0.2) is 41.4 Å². The molecule has 1 atom stereocenters. The summed E-state index contributed by atoms with van der Waals surface area (Å²) >= 11 is 0. The fourth-order valence-electron chi connectivity index (χ4n) is 3.57. The number of amides is 1. The molecule has 0 aromatic heterocycles. The summed E-state index contributed by atoms with van der Waals surface area (Å²) in [5, 5.41) is 0. The van der Waals surface area contributed by atoms with Crippen LogP contribution < -0.4 is 15.2 Å². The maximum Gasteiger partial charge on any atom is 0.387 e. The van der Waals surface area contributed by atoms with Crippen molar-refractivity contribution in [3.63, 3.8) is 0 Å². The molecule has 1 heterocycles. The Morgan fingerprint density at radius 3 is 2.33 bits per heavy atom. The lowest BCUT2D eigenvalue weighted by atomic mass is 9.81. The summed E-state index contributed by atoms with van der Waals surface area (Å²) < 4.78 is 74.4. The monoisotopic (exact) mass is 471 g/mol. The fourth-order valence-corrected chi connectivity index (χ4v) is 3.57. The molecule has 0 bridgehead atoms. The van der Waals surface area contributed by atoms with Gasteiger partial charge in [0.15, 0.2) is 23.1 Å². The number of nitrogens with two attached hydrogens (primary N) is 1. The van der Waals surface area contributed by atoms with Crippen LogP contribution in [-0.4, -0.2) is 43.5 Å². The Balaban J connectivity index is 2.14. The number of alkyl halides is 4. The first-order valence-electron chi connectivity index (χ1n) is 10.0. The number of carbonyl (C=O) groups excluding carboxylic acids is 1. The molecule has 33 heavy (non-hydrogen) atoms. The third kappa shape index (κ3) is 4.71. The van der Waals surface area contributed by atoms with E-state index >= 15 is 0 Å². The molecule has 178 valence electrons. The average Bonchev–Trinajstić information content (AvgIpc) is 2.99. The maximum absolute atomic E-state index is 14.3. The number of aryl methyl sites for hydroxylation is 1. The second kappa shape index (κ2) is 9.63. The summed E-state index contributed by atoms with van der Waals surface area (Å²) in [6, 6.07) is 7.71. The van der Waals surface area contributed by atoms with Crippen LogP contribution in [0.1, 0.15) is 30.0 Å². The number of rotatable bonds is 9. The van der Waals surface area contributed by atoms with E-state index in [0.717, 1.165) is 11.0 Å². The third-order valence-electron chi connectivity index (χ3n) is 5.26. The lowest BCUT2D eigenvalue weighted by Crippen LogP contribution is -2.41. The molecule has 2 aromatic carbocycles. The van der Waals surface area contributed by atoms with Gasteiger partial charge < -0.3 is 15.2 Å². The van der Waals surface area contributed by atoms with Crippen LogP contribution in [0.3, 0.4) is 0 Å². The molecule has 11 heteroatoms. The van der Waals surface area contributed by atoms with E-state index in [2.05, 4.69) is 9.73 Å². The van der Waals surface area contributed by atoms with Crippen molar-refractivity contribution >= 4 is 11.9 Å². The van der Waals surface area contributed by atoms with Crippen LogP contribution in [0.25, 0.3) is 0 Å². The van der Waals surface area contributed by atoms with Crippen LogP contribution >= 0.6 is 0 Å². The average molecular weight is 471 g/mol. The minimum absolute atomic E-state index is 0.0581. The van der Waals surface area contributed by atoms with Gasteiger partial charge in [-0.05, 0) is 47.4 Å². The van der Waals surface area contributed by atoms with Gasteiger partial charge in [0, 0.05) is 13.5 Å². The summed E-state index contributed by atoms with van der Waals surface area (Å²) in [6.45, 7) is -1.76. The van der Waals surface area contributed by atoms with Crippen LogP contribution in [0.4, 0.5) is 22.0 Å². The molecule has 1 aliphatic heterocycles. The Kier molecular flexibility index (Phi) is 7.09. The van der Waals surface area contributed by atoms with E-state index in [1.165, 1.54) is 37.4 Å². The van der Waals surface area contributed by atoms with Crippen LogP contribution in [-0.2, 0) is 16.8 Å². The molecule has 2 aromatic rings. The standard InChI is InChI=1S/C22H22F5N3O3/c1-3-12-10-13(5-7-16(12)33-20(26)27)22(19(31)30(2)21(28)29-22)14-4-6-15(23)17(11-14)32-9-8-18(24)25/h4-7,10-11,18,20H,3,8-9H2,1-2H3,(H2,28,29)/t22-/m1/s1. The molecule has 2 N–H and O–H groups in total. The highest BCUT2D eigenvalue weighted by molar-refractivity contribution is 6.09. The zero-order valence-electron chi connectivity index (χ0n) is 17.8. The second-order valence-corrected chi connectivity index (χ2v) is 7.27. The molecule has 3 rings (SSSR count). The summed E-state index contributed by atoms with van der Waals surface area (Å²) in [5.41, 5.74) is 4.98. The molecule has 0 spiro atoms. The molecule has 0 unspecified atom stereocenters. The van der Waals surface area contributed by atoms with Crippen molar-refractivity contribution < 1.29 is 36.2 Å². The number of hydrogen-bond donors (Lipinski definition) is 1. The number of ether oxygens (including phenoxy) is 2. The highest BCUT2D eigenvalue weighted by atomic mass is 19.3. The van der Waals surface area contributed by atoms with Crippen molar-refractivity contribution in [2.24, 2.45) is 10.7 Å². The van der Waals surface area contributed by atoms with Crippen LogP contribution in [0, 0.1) is 5.82 Å². The van der Waals surface area contributed by atoms with E-state index in [1.807, 2.05) is 0 Å². The van der Waals surface area contributed by atoms with Gasteiger partial charge in [-0.1, -0.05) is 19.1 Å². The van der Waals surface area contributed by atoms with Crippen molar-refractivity contribution in [2.45, 2.75) is 38.3 Å². The largest absolute Gasteiger partial charge is 0.490 e. The Morgan fingerprint density at radius 1 is 1.09 bits per heavy atom. The van der Waals surface area contributed by atoms with Gasteiger partial charge in [0.25, 0.3) is 5.91 Å². The highest BCUT2D eigenvalue weighted by Gasteiger charge is 2.50. The van der Waals surface area contributed by atoms with E-state index < -0.39 is 43.3 Å². The van der Waals surface area contributed by atoms with Crippen LogP contribution in [0.5, 0.6) is 11.5 Å². The lowest BCUT2D eigenvalue weighted by molar-refractivity contribution is -0.129. The van der Waals surface area contributed by atoms with Crippen molar-refractivity contribution in [3.05, 3.63) is 58.9 Å². The number of hydrogen-bond acceptors (Lipinski definition) is 5. The smallest absolute Gasteiger partial charge is 0.387 e. The van der Waals surface area contributed by atoms with Crippen molar-refractivity contribution in [1.29, 1.82) is 0 Å². The van der Waals surface area contributed by atoms with Gasteiger partial charge in [0.2, 0.25) is 6.43 Å². The Morgan fingerprint density at radius 2 is 1.76 bits per heavy atom. The minimum atomic E-state index is -3.03. The predicted octanol–water partition coefficient (Wildman–Crippen LogP) is 4.05. The molecule has 0 saturated carbocycles. The van der Waals surface area contributed by atoms with Crippen molar-refractivity contribution in [2.75, 3.05) is 13.7 Å². The summed E-state index contributed by atoms with van der Waals surface area (Å²) in [4.78, 5) is 18.8. The minimum Gasteiger partial charge on any atom is -0.490 e. The fraction of sp³-hybridized carbons (Fsp3) is 0.364. The topological polar surface area (TPSA) is 77.2 Å². The SMILES string of the molecule is CCc1cc([C@]2(c3ccc(F)c(OCCC(F)F)c3)N=C(N)N(C)C2=O)ccc1OC(F)F. The first kappa shape index (κ1) is 24.3. The van der Waals surface area contributed by atoms with E-state index in [9.17, 15) is 26.7 Å². The molecule has 0 aliphatic carbocycles. The summed E-state index contributed by atoms with van der Waals surface area (Å²) in [7, 11) is 1.40. The summed E-state index contributed by atoms with van der Waals surface area (Å²) in [6.07, 6.45) is -2.92. The second-order valence-electron chi connectivity index (χ2n) is 7.27. The van der Waals surface area contributed by atoms with E-state index in [4.69, 9.17) is 10.5 Å². The third-order valence-corrected chi connectivity index (χ3v) is 5.26. The molecule has 1 amide bonds. The number of halogens is 5. The van der Waals surface area contributed by atoms with Gasteiger partial charge >= 0.3 is 6.61 Å². The first-order valence-corrected chi connectivity index (χ1v) is 10.0. The van der Waals surface area contributed by atoms with Gasteiger partial charge in [-0.2, -0.15) is 8.78 Å². The number of aliphatic imine (C=N–C) groups is 1. The maximum atomic E-state index is 14.3. The molecule has 6 nitrogen and oxygen atoms in total. The van der Waals surface area contributed by atoms with E-state index in [1.54, 1.807) is 6.92 Å². The number of carbonyl (C=O) groups is 1. The number of nitrogens with zero attached hydrogens (tertiary/aromatic N) is 2. The van der Waals surface area contributed by atoms with Crippen molar-refractivity contribution in [1.82, 2.24) is 4.90 Å². The quantitative estimate of drug-likeness (QED) is 0.560. The highest BCUT2D eigenvalue weighted by Crippen LogP contribution is 2.42. The Bertz CT molecular complexity index is 1060.